The summed E-state index contributed by atoms with van der Waals surface area (Å²) in [7, 11) is 1.54. The molecule has 0 bridgehead atoms. The third-order valence-electron chi connectivity index (χ3n) is 4.83. The number of aliphatic hydroxyl groups excluding tert-OH is 1. The van der Waals surface area contributed by atoms with Crippen molar-refractivity contribution >= 4 is 23.2 Å². The number of benzene rings is 2. The Hall–Kier alpha value is -2.75. The van der Waals surface area contributed by atoms with E-state index in [1.54, 1.807) is 37.4 Å². The van der Waals surface area contributed by atoms with Gasteiger partial charge in [0.2, 0.25) is 0 Å². The molecule has 0 aromatic heterocycles. The lowest BCUT2D eigenvalue weighted by atomic mass is 10.1. The molecule has 7 heteroatoms. The fourth-order valence-electron chi connectivity index (χ4n) is 3.33. The second-order valence-electron chi connectivity index (χ2n) is 6.83. The minimum atomic E-state index is -0.312. The lowest BCUT2D eigenvalue weighted by Gasteiger charge is -2.17. The third-order valence-corrected chi connectivity index (χ3v) is 5.12. The standard InChI is InChI=1S/C21H22ClN3O3/c1-28-20-7-3-14(9-18(20)22)12-24-21(27)17-8-13(11-23)2-6-19(17)25-15-4-5-16(26)10-15/h2-3,6-9,15-16,25-26H,4-5,10,12H2,1H3,(H,24,27)/t15?,16-/m1/s1. The summed E-state index contributed by atoms with van der Waals surface area (Å²) in [5.74, 6) is 0.286. The van der Waals surface area contributed by atoms with Gasteiger partial charge in [-0.1, -0.05) is 17.7 Å². The lowest BCUT2D eigenvalue weighted by molar-refractivity contribution is 0.0951. The SMILES string of the molecule is COc1ccc(CNC(=O)c2cc(C#N)ccc2NC2CC[C@@H](O)C2)cc1Cl. The Morgan fingerprint density at radius 1 is 1.32 bits per heavy atom. The molecule has 0 saturated heterocycles. The summed E-state index contributed by atoms with van der Waals surface area (Å²) in [6, 6.07) is 12.5. The van der Waals surface area contributed by atoms with Crippen molar-refractivity contribution in [3.8, 4) is 11.8 Å². The van der Waals surface area contributed by atoms with E-state index in [-0.39, 0.29) is 18.1 Å². The normalized spacial score (nSPS) is 18.4. The van der Waals surface area contributed by atoms with Crippen LogP contribution in [0.4, 0.5) is 5.69 Å². The van der Waals surface area contributed by atoms with E-state index in [1.807, 2.05) is 6.07 Å². The molecular weight excluding hydrogens is 378 g/mol. The topological polar surface area (TPSA) is 94.4 Å². The number of carbonyl (C=O) groups excluding carboxylic acids is 1. The Morgan fingerprint density at radius 2 is 2.14 bits per heavy atom. The first kappa shape index (κ1) is 20.0. The molecule has 2 atom stereocenters. The number of rotatable bonds is 6. The van der Waals surface area contributed by atoms with Crippen LogP contribution >= 0.6 is 11.6 Å². The van der Waals surface area contributed by atoms with Crippen molar-refractivity contribution in [2.45, 2.75) is 38.0 Å². The number of nitrogens with zero attached hydrogens (tertiary/aromatic N) is 1. The van der Waals surface area contributed by atoms with Crippen LogP contribution in [-0.4, -0.2) is 30.3 Å². The molecule has 0 spiro atoms. The number of nitrogens with one attached hydrogen (secondary N) is 2. The predicted molar refractivity (Wildman–Crippen MR) is 108 cm³/mol. The number of aliphatic hydroxyl groups is 1. The highest BCUT2D eigenvalue weighted by molar-refractivity contribution is 6.32. The number of hydrogen-bond acceptors (Lipinski definition) is 5. The molecule has 2 aromatic rings. The number of hydrogen-bond donors (Lipinski definition) is 3. The monoisotopic (exact) mass is 399 g/mol. The molecular formula is C21H22ClN3O3. The molecule has 1 aliphatic rings. The molecule has 0 radical (unpaired) electrons. The zero-order valence-corrected chi connectivity index (χ0v) is 16.3. The summed E-state index contributed by atoms with van der Waals surface area (Å²) in [6.45, 7) is 0.293. The van der Waals surface area contributed by atoms with Gasteiger partial charge in [0.15, 0.2) is 0 Å². The van der Waals surface area contributed by atoms with Gasteiger partial charge in [0, 0.05) is 18.3 Å². The summed E-state index contributed by atoms with van der Waals surface area (Å²) in [5.41, 5.74) is 2.31. The molecule has 1 unspecified atom stereocenters. The largest absolute Gasteiger partial charge is 0.495 e. The number of nitriles is 1. The van der Waals surface area contributed by atoms with Crippen LogP contribution in [0, 0.1) is 11.3 Å². The lowest BCUT2D eigenvalue weighted by Crippen LogP contribution is -2.25. The van der Waals surface area contributed by atoms with E-state index in [9.17, 15) is 15.2 Å². The molecule has 3 rings (SSSR count). The van der Waals surface area contributed by atoms with Gasteiger partial charge in [0.25, 0.3) is 5.91 Å². The average molecular weight is 400 g/mol. The van der Waals surface area contributed by atoms with Crippen LogP contribution in [0.5, 0.6) is 5.75 Å². The van der Waals surface area contributed by atoms with Crippen molar-refractivity contribution in [1.29, 1.82) is 5.26 Å². The van der Waals surface area contributed by atoms with Crippen molar-refractivity contribution in [3.63, 3.8) is 0 Å². The molecule has 0 aliphatic heterocycles. The van der Waals surface area contributed by atoms with Gasteiger partial charge in [-0.05, 0) is 55.2 Å². The fraction of sp³-hybridized carbons (Fsp3) is 0.333. The number of methoxy groups -OCH3 is 1. The summed E-state index contributed by atoms with van der Waals surface area (Å²) >= 11 is 6.13. The highest BCUT2D eigenvalue weighted by Crippen LogP contribution is 2.27. The van der Waals surface area contributed by atoms with Crippen LogP contribution in [0.1, 0.15) is 40.7 Å². The van der Waals surface area contributed by atoms with Crippen LogP contribution in [-0.2, 0) is 6.54 Å². The van der Waals surface area contributed by atoms with Crippen molar-refractivity contribution in [2.24, 2.45) is 0 Å². The molecule has 6 nitrogen and oxygen atoms in total. The second kappa shape index (κ2) is 8.96. The number of amides is 1. The Balaban J connectivity index is 1.74. The first-order chi connectivity index (χ1) is 13.5. The molecule has 0 heterocycles. The molecule has 28 heavy (non-hydrogen) atoms. The molecule has 1 fully saturated rings. The number of halogens is 1. The van der Waals surface area contributed by atoms with E-state index in [4.69, 9.17) is 16.3 Å². The maximum atomic E-state index is 12.8. The summed E-state index contributed by atoms with van der Waals surface area (Å²) in [5, 5.41) is 25.6. The quantitative estimate of drug-likeness (QED) is 0.691. The van der Waals surface area contributed by atoms with E-state index in [2.05, 4.69) is 16.7 Å². The predicted octanol–water partition coefficient (Wildman–Crippen LogP) is 3.48. The van der Waals surface area contributed by atoms with E-state index < -0.39 is 0 Å². The summed E-state index contributed by atoms with van der Waals surface area (Å²) < 4.78 is 5.13. The average Bonchev–Trinajstić information content (AvgIpc) is 3.11. The molecule has 2 aromatic carbocycles. The van der Waals surface area contributed by atoms with Crippen LogP contribution in [0.2, 0.25) is 5.02 Å². The maximum Gasteiger partial charge on any atom is 0.253 e. The Kier molecular flexibility index (Phi) is 6.40. The smallest absolute Gasteiger partial charge is 0.253 e. The van der Waals surface area contributed by atoms with E-state index in [1.165, 1.54) is 0 Å². The van der Waals surface area contributed by atoms with Crippen LogP contribution < -0.4 is 15.4 Å². The second-order valence-corrected chi connectivity index (χ2v) is 7.24. The van der Waals surface area contributed by atoms with Crippen molar-refractivity contribution in [2.75, 3.05) is 12.4 Å². The first-order valence-corrected chi connectivity index (χ1v) is 9.47. The Morgan fingerprint density at radius 3 is 2.79 bits per heavy atom. The van der Waals surface area contributed by atoms with Gasteiger partial charge in [-0.2, -0.15) is 5.26 Å². The van der Waals surface area contributed by atoms with Gasteiger partial charge in [0.05, 0.1) is 35.4 Å². The number of ether oxygens (including phenoxy) is 1. The zero-order valence-electron chi connectivity index (χ0n) is 15.5. The van der Waals surface area contributed by atoms with Crippen LogP contribution in [0.25, 0.3) is 0 Å². The molecule has 146 valence electrons. The van der Waals surface area contributed by atoms with Gasteiger partial charge in [0.1, 0.15) is 5.75 Å². The van der Waals surface area contributed by atoms with Crippen molar-refractivity contribution in [1.82, 2.24) is 5.32 Å². The third kappa shape index (κ3) is 4.75. The molecule has 1 aliphatic carbocycles. The van der Waals surface area contributed by atoms with E-state index in [0.717, 1.165) is 18.4 Å². The molecule has 3 N–H and O–H groups in total. The highest BCUT2D eigenvalue weighted by atomic mass is 35.5. The van der Waals surface area contributed by atoms with Crippen molar-refractivity contribution in [3.05, 3.63) is 58.1 Å². The maximum absolute atomic E-state index is 12.8. The van der Waals surface area contributed by atoms with Crippen LogP contribution in [0.3, 0.4) is 0 Å². The van der Waals surface area contributed by atoms with Gasteiger partial charge >= 0.3 is 0 Å². The Labute approximate surface area is 169 Å². The number of anilines is 1. The van der Waals surface area contributed by atoms with Gasteiger partial charge < -0.3 is 20.5 Å². The minimum Gasteiger partial charge on any atom is -0.495 e. The van der Waals surface area contributed by atoms with Crippen molar-refractivity contribution < 1.29 is 14.6 Å². The van der Waals surface area contributed by atoms with Crippen LogP contribution in [0.15, 0.2) is 36.4 Å². The number of carbonyl (C=O) groups is 1. The van der Waals surface area contributed by atoms with Gasteiger partial charge in [-0.3, -0.25) is 4.79 Å². The zero-order chi connectivity index (χ0) is 20.1. The molecule has 1 saturated carbocycles. The summed E-state index contributed by atoms with van der Waals surface area (Å²) in [4.78, 5) is 12.8. The first-order valence-electron chi connectivity index (χ1n) is 9.09. The minimum absolute atomic E-state index is 0.106. The van der Waals surface area contributed by atoms with Gasteiger partial charge in [-0.15, -0.1) is 0 Å². The Bertz CT molecular complexity index is 910. The van der Waals surface area contributed by atoms with E-state index >= 15 is 0 Å². The fourth-order valence-corrected chi connectivity index (χ4v) is 3.61. The summed E-state index contributed by atoms with van der Waals surface area (Å²) in [6.07, 6.45) is 1.92. The molecule has 1 amide bonds. The highest BCUT2D eigenvalue weighted by Gasteiger charge is 2.24. The van der Waals surface area contributed by atoms with Gasteiger partial charge in [-0.25, -0.2) is 0 Å². The van der Waals surface area contributed by atoms with E-state index in [0.29, 0.717) is 40.6 Å².